The summed E-state index contributed by atoms with van der Waals surface area (Å²) in [5.41, 5.74) is 0. The molecule has 0 spiro atoms. The van der Waals surface area contributed by atoms with Crippen LogP contribution in [0.2, 0.25) is 0 Å². The van der Waals surface area contributed by atoms with Crippen molar-refractivity contribution >= 4 is 0 Å². The standard InChI is InChI=1S/C8H11FN2O/c1-3-5(2)7-10-4-6(9)8(12)11-7/h4-5H,3H2,1-2H3,(H,10,11,12). The van der Waals surface area contributed by atoms with Crippen LogP contribution in [0.3, 0.4) is 0 Å². The van der Waals surface area contributed by atoms with Crippen molar-refractivity contribution in [3.63, 3.8) is 0 Å². The minimum Gasteiger partial charge on any atom is -0.491 e. The van der Waals surface area contributed by atoms with Crippen LogP contribution in [0.5, 0.6) is 5.88 Å². The van der Waals surface area contributed by atoms with E-state index in [0.29, 0.717) is 5.82 Å². The molecule has 0 aromatic carbocycles. The predicted octanol–water partition coefficient (Wildman–Crippen LogP) is 1.83. The Morgan fingerprint density at radius 3 is 2.83 bits per heavy atom. The molecule has 12 heavy (non-hydrogen) atoms. The van der Waals surface area contributed by atoms with Gasteiger partial charge in [-0.05, 0) is 6.42 Å². The highest BCUT2D eigenvalue weighted by molar-refractivity contribution is 5.11. The molecule has 1 unspecified atom stereocenters. The summed E-state index contributed by atoms with van der Waals surface area (Å²) >= 11 is 0. The minimum absolute atomic E-state index is 0.150. The smallest absolute Gasteiger partial charge is 0.251 e. The average Bonchev–Trinajstić information content (AvgIpc) is 2.08. The molecule has 0 saturated heterocycles. The molecular weight excluding hydrogens is 159 g/mol. The molecule has 0 saturated carbocycles. The van der Waals surface area contributed by atoms with Crippen LogP contribution in [-0.4, -0.2) is 15.1 Å². The van der Waals surface area contributed by atoms with Crippen molar-refractivity contribution in [1.82, 2.24) is 9.97 Å². The SMILES string of the molecule is CCC(C)c1ncc(F)c(O)n1. The summed E-state index contributed by atoms with van der Waals surface area (Å²) in [7, 11) is 0. The number of nitrogens with zero attached hydrogens (tertiary/aromatic N) is 2. The summed E-state index contributed by atoms with van der Waals surface area (Å²) < 4.78 is 12.5. The zero-order chi connectivity index (χ0) is 9.14. The van der Waals surface area contributed by atoms with E-state index in [-0.39, 0.29) is 5.92 Å². The van der Waals surface area contributed by atoms with Crippen molar-refractivity contribution in [1.29, 1.82) is 0 Å². The predicted molar refractivity (Wildman–Crippen MR) is 42.4 cm³/mol. The maximum Gasteiger partial charge on any atom is 0.251 e. The van der Waals surface area contributed by atoms with E-state index in [0.717, 1.165) is 12.6 Å². The molecule has 0 aliphatic carbocycles. The quantitative estimate of drug-likeness (QED) is 0.736. The van der Waals surface area contributed by atoms with Crippen LogP contribution < -0.4 is 0 Å². The second kappa shape index (κ2) is 3.47. The summed E-state index contributed by atoms with van der Waals surface area (Å²) in [5.74, 6) is -0.713. The number of rotatable bonds is 2. The number of hydrogen-bond acceptors (Lipinski definition) is 3. The lowest BCUT2D eigenvalue weighted by Crippen LogP contribution is -2.00. The molecule has 0 radical (unpaired) electrons. The van der Waals surface area contributed by atoms with E-state index in [9.17, 15) is 4.39 Å². The van der Waals surface area contributed by atoms with E-state index in [2.05, 4.69) is 9.97 Å². The second-order valence-corrected chi connectivity index (χ2v) is 2.71. The van der Waals surface area contributed by atoms with Crippen molar-refractivity contribution in [2.24, 2.45) is 0 Å². The Bertz CT molecular complexity index is 278. The first kappa shape index (κ1) is 8.90. The number of aromatic nitrogens is 2. The highest BCUT2D eigenvalue weighted by Gasteiger charge is 2.09. The van der Waals surface area contributed by atoms with E-state index in [4.69, 9.17) is 5.11 Å². The molecule has 1 N–H and O–H groups in total. The molecule has 0 amide bonds. The number of halogens is 1. The van der Waals surface area contributed by atoms with Crippen molar-refractivity contribution < 1.29 is 9.50 Å². The van der Waals surface area contributed by atoms with Gasteiger partial charge in [-0.15, -0.1) is 0 Å². The molecule has 0 fully saturated rings. The Balaban J connectivity index is 2.96. The van der Waals surface area contributed by atoms with E-state index >= 15 is 0 Å². The van der Waals surface area contributed by atoms with Crippen LogP contribution in [0, 0.1) is 5.82 Å². The number of hydrogen-bond donors (Lipinski definition) is 1. The van der Waals surface area contributed by atoms with Gasteiger partial charge in [0.1, 0.15) is 5.82 Å². The zero-order valence-electron chi connectivity index (χ0n) is 7.08. The molecule has 1 rings (SSSR count). The molecule has 66 valence electrons. The fraction of sp³-hybridized carbons (Fsp3) is 0.500. The lowest BCUT2D eigenvalue weighted by Gasteiger charge is -2.05. The third kappa shape index (κ3) is 1.69. The van der Waals surface area contributed by atoms with E-state index < -0.39 is 11.7 Å². The van der Waals surface area contributed by atoms with Crippen molar-refractivity contribution in [3.05, 3.63) is 17.8 Å². The first-order valence-electron chi connectivity index (χ1n) is 3.86. The average molecular weight is 170 g/mol. The first-order chi connectivity index (χ1) is 5.65. The summed E-state index contributed by atoms with van der Waals surface area (Å²) in [6.45, 7) is 3.90. The van der Waals surface area contributed by atoms with Crippen LogP contribution in [0.25, 0.3) is 0 Å². The van der Waals surface area contributed by atoms with Crippen LogP contribution in [0.15, 0.2) is 6.20 Å². The summed E-state index contributed by atoms with van der Waals surface area (Å²) in [6.07, 6.45) is 1.86. The van der Waals surface area contributed by atoms with Crippen LogP contribution in [0.4, 0.5) is 4.39 Å². The van der Waals surface area contributed by atoms with Crippen LogP contribution in [0.1, 0.15) is 32.0 Å². The van der Waals surface area contributed by atoms with Crippen LogP contribution in [-0.2, 0) is 0 Å². The molecule has 1 atom stereocenters. The monoisotopic (exact) mass is 170 g/mol. The molecule has 1 aromatic heterocycles. The van der Waals surface area contributed by atoms with Gasteiger partial charge in [0.15, 0.2) is 0 Å². The van der Waals surface area contributed by atoms with Crippen molar-refractivity contribution in [2.45, 2.75) is 26.2 Å². The summed E-state index contributed by atoms with van der Waals surface area (Å²) in [4.78, 5) is 7.38. The normalized spacial score (nSPS) is 12.9. The van der Waals surface area contributed by atoms with Crippen molar-refractivity contribution in [2.75, 3.05) is 0 Å². The van der Waals surface area contributed by atoms with Gasteiger partial charge in [-0.1, -0.05) is 13.8 Å². The van der Waals surface area contributed by atoms with Gasteiger partial charge in [0.25, 0.3) is 5.88 Å². The zero-order valence-corrected chi connectivity index (χ0v) is 7.08. The van der Waals surface area contributed by atoms with Gasteiger partial charge in [-0.25, -0.2) is 4.98 Å². The molecule has 0 aliphatic rings. The van der Waals surface area contributed by atoms with Gasteiger partial charge in [0.2, 0.25) is 5.82 Å². The van der Waals surface area contributed by atoms with E-state index in [1.165, 1.54) is 0 Å². The Kier molecular flexibility index (Phi) is 2.58. The highest BCUT2D eigenvalue weighted by atomic mass is 19.1. The third-order valence-corrected chi connectivity index (χ3v) is 1.80. The molecule has 0 aliphatic heterocycles. The van der Waals surface area contributed by atoms with Gasteiger partial charge >= 0.3 is 0 Å². The Hall–Kier alpha value is -1.19. The molecule has 1 aromatic rings. The van der Waals surface area contributed by atoms with Gasteiger partial charge < -0.3 is 5.11 Å². The maximum atomic E-state index is 12.5. The second-order valence-electron chi connectivity index (χ2n) is 2.71. The van der Waals surface area contributed by atoms with Gasteiger partial charge in [0, 0.05) is 5.92 Å². The highest BCUT2D eigenvalue weighted by Crippen LogP contribution is 2.17. The summed E-state index contributed by atoms with van der Waals surface area (Å²) in [5, 5.41) is 8.92. The molecule has 4 heteroatoms. The van der Waals surface area contributed by atoms with Gasteiger partial charge in [0.05, 0.1) is 6.20 Å². The van der Waals surface area contributed by atoms with E-state index in [1.807, 2.05) is 13.8 Å². The number of aromatic hydroxyl groups is 1. The topological polar surface area (TPSA) is 46.0 Å². The lowest BCUT2D eigenvalue weighted by molar-refractivity contribution is 0.402. The lowest BCUT2D eigenvalue weighted by atomic mass is 10.1. The fourth-order valence-electron chi connectivity index (χ4n) is 0.791. The Morgan fingerprint density at radius 2 is 2.33 bits per heavy atom. The minimum atomic E-state index is -0.776. The van der Waals surface area contributed by atoms with E-state index in [1.54, 1.807) is 0 Å². The summed E-state index contributed by atoms with van der Waals surface area (Å²) in [6, 6.07) is 0. The van der Waals surface area contributed by atoms with Crippen LogP contribution >= 0.6 is 0 Å². The molecule has 1 heterocycles. The van der Waals surface area contributed by atoms with Gasteiger partial charge in [-0.3, -0.25) is 0 Å². The maximum absolute atomic E-state index is 12.5. The Labute approximate surface area is 70.3 Å². The van der Waals surface area contributed by atoms with Gasteiger partial charge in [-0.2, -0.15) is 9.37 Å². The molecular formula is C8H11FN2O. The third-order valence-electron chi connectivity index (χ3n) is 1.80. The Morgan fingerprint density at radius 1 is 1.67 bits per heavy atom. The largest absolute Gasteiger partial charge is 0.491 e. The van der Waals surface area contributed by atoms with Crippen molar-refractivity contribution in [3.8, 4) is 5.88 Å². The fourth-order valence-corrected chi connectivity index (χ4v) is 0.791. The molecule has 3 nitrogen and oxygen atoms in total. The first-order valence-corrected chi connectivity index (χ1v) is 3.86. The molecule has 0 bridgehead atoms.